The van der Waals surface area contributed by atoms with E-state index >= 15 is 0 Å². The predicted octanol–water partition coefficient (Wildman–Crippen LogP) is 3.10. The molecule has 2 heteroatoms. The van der Waals surface area contributed by atoms with Gasteiger partial charge in [0.1, 0.15) is 0 Å². The van der Waals surface area contributed by atoms with Crippen LogP contribution in [0.4, 0.5) is 0 Å². The van der Waals surface area contributed by atoms with Crippen molar-refractivity contribution in [2.45, 2.75) is 77.3 Å². The Kier molecular flexibility index (Phi) is 7.06. The fourth-order valence-corrected chi connectivity index (χ4v) is 2.93. The molecule has 16 heavy (non-hydrogen) atoms. The van der Waals surface area contributed by atoms with E-state index in [0.29, 0.717) is 12.6 Å². The maximum absolute atomic E-state index is 9.01. The van der Waals surface area contributed by atoms with Crippen molar-refractivity contribution in [2.75, 3.05) is 6.61 Å². The number of rotatable bonds is 8. The van der Waals surface area contributed by atoms with E-state index in [1.165, 1.54) is 38.5 Å². The van der Waals surface area contributed by atoms with Gasteiger partial charge in [0.25, 0.3) is 0 Å². The van der Waals surface area contributed by atoms with Crippen LogP contribution in [0.3, 0.4) is 0 Å². The van der Waals surface area contributed by atoms with Crippen molar-refractivity contribution >= 4 is 0 Å². The summed E-state index contributed by atoms with van der Waals surface area (Å²) < 4.78 is 0. The van der Waals surface area contributed by atoms with Crippen molar-refractivity contribution in [1.82, 2.24) is 5.32 Å². The Morgan fingerprint density at radius 2 is 2.12 bits per heavy atom. The average molecular weight is 227 g/mol. The van der Waals surface area contributed by atoms with Crippen molar-refractivity contribution < 1.29 is 5.11 Å². The van der Waals surface area contributed by atoms with E-state index < -0.39 is 0 Å². The van der Waals surface area contributed by atoms with Crippen LogP contribution in [0.25, 0.3) is 0 Å². The molecule has 3 atom stereocenters. The minimum atomic E-state index is 0.317. The smallest absolute Gasteiger partial charge is 0.0445 e. The van der Waals surface area contributed by atoms with Gasteiger partial charge in [-0.1, -0.05) is 33.1 Å². The molecule has 2 nitrogen and oxygen atoms in total. The molecule has 3 unspecified atom stereocenters. The zero-order valence-electron chi connectivity index (χ0n) is 11.0. The average Bonchev–Trinajstić information content (AvgIpc) is 2.73. The SMILES string of the molecule is CCCCC1CCCC1NC(CC)CCO. The van der Waals surface area contributed by atoms with Gasteiger partial charge in [-0.25, -0.2) is 0 Å². The first-order chi connectivity index (χ1) is 7.81. The van der Waals surface area contributed by atoms with E-state index in [1.54, 1.807) is 0 Å². The Balaban J connectivity index is 2.32. The third-order valence-electron chi connectivity index (χ3n) is 4.01. The number of nitrogens with one attached hydrogen (secondary N) is 1. The normalized spacial score (nSPS) is 27.2. The lowest BCUT2D eigenvalue weighted by molar-refractivity contribution is 0.244. The molecule has 0 saturated heterocycles. The second-order valence-electron chi connectivity index (χ2n) is 5.22. The van der Waals surface area contributed by atoms with Gasteiger partial charge in [0.2, 0.25) is 0 Å². The summed E-state index contributed by atoms with van der Waals surface area (Å²) in [4.78, 5) is 0. The van der Waals surface area contributed by atoms with E-state index in [2.05, 4.69) is 19.2 Å². The van der Waals surface area contributed by atoms with Crippen LogP contribution in [0.1, 0.15) is 65.2 Å². The van der Waals surface area contributed by atoms with E-state index in [9.17, 15) is 0 Å². The molecule has 1 fully saturated rings. The van der Waals surface area contributed by atoms with Crippen molar-refractivity contribution in [1.29, 1.82) is 0 Å². The number of hydrogen-bond acceptors (Lipinski definition) is 2. The van der Waals surface area contributed by atoms with Crippen molar-refractivity contribution in [2.24, 2.45) is 5.92 Å². The lowest BCUT2D eigenvalue weighted by Gasteiger charge is -2.26. The van der Waals surface area contributed by atoms with Gasteiger partial charge in [0.15, 0.2) is 0 Å². The summed E-state index contributed by atoms with van der Waals surface area (Å²) in [6.07, 6.45) is 10.3. The van der Waals surface area contributed by atoms with Crippen molar-refractivity contribution in [3.05, 3.63) is 0 Å². The van der Waals surface area contributed by atoms with Gasteiger partial charge >= 0.3 is 0 Å². The summed E-state index contributed by atoms with van der Waals surface area (Å²) in [6, 6.07) is 1.25. The van der Waals surface area contributed by atoms with Crippen LogP contribution < -0.4 is 5.32 Å². The molecule has 0 aromatic rings. The molecule has 0 aromatic carbocycles. The molecule has 1 aliphatic carbocycles. The van der Waals surface area contributed by atoms with Crippen molar-refractivity contribution in [3.63, 3.8) is 0 Å². The minimum absolute atomic E-state index is 0.317. The summed E-state index contributed by atoms with van der Waals surface area (Å²) in [7, 11) is 0. The third-order valence-corrected chi connectivity index (χ3v) is 4.01. The Morgan fingerprint density at radius 3 is 2.75 bits per heavy atom. The van der Waals surface area contributed by atoms with Crippen LogP contribution in [0.15, 0.2) is 0 Å². The van der Waals surface area contributed by atoms with Crippen LogP contribution in [0, 0.1) is 5.92 Å². The number of aliphatic hydroxyl groups excluding tert-OH is 1. The molecule has 0 amide bonds. The molecule has 0 aromatic heterocycles. The maximum Gasteiger partial charge on any atom is 0.0445 e. The number of hydrogen-bond donors (Lipinski definition) is 2. The first-order valence-corrected chi connectivity index (χ1v) is 7.18. The number of aliphatic hydroxyl groups is 1. The summed E-state index contributed by atoms with van der Waals surface area (Å²) in [6.45, 7) is 4.80. The van der Waals surface area contributed by atoms with Crippen LogP contribution in [0.2, 0.25) is 0 Å². The second-order valence-corrected chi connectivity index (χ2v) is 5.22. The van der Waals surface area contributed by atoms with Gasteiger partial charge < -0.3 is 10.4 Å². The van der Waals surface area contributed by atoms with E-state index in [1.807, 2.05) is 0 Å². The molecule has 0 spiro atoms. The Labute approximate surface area is 101 Å². The van der Waals surface area contributed by atoms with Crippen LogP contribution >= 0.6 is 0 Å². The monoisotopic (exact) mass is 227 g/mol. The Hall–Kier alpha value is -0.0800. The summed E-state index contributed by atoms with van der Waals surface area (Å²) in [5.74, 6) is 0.896. The van der Waals surface area contributed by atoms with Gasteiger partial charge in [-0.3, -0.25) is 0 Å². The molecule has 1 aliphatic rings. The highest BCUT2D eigenvalue weighted by Crippen LogP contribution is 2.30. The molecule has 0 heterocycles. The quantitative estimate of drug-likeness (QED) is 0.668. The van der Waals surface area contributed by atoms with E-state index in [-0.39, 0.29) is 0 Å². The van der Waals surface area contributed by atoms with Crippen LogP contribution in [-0.2, 0) is 0 Å². The summed E-state index contributed by atoms with van der Waals surface area (Å²) in [5, 5.41) is 12.8. The first kappa shape index (κ1) is 14.0. The van der Waals surface area contributed by atoms with Gasteiger partial charge in [0, 0.05) is 18.7 Å². The predicted molar refractivity (Wildman–Crippen MR) is 69.6 cm³/mol. The van der Waals surface area contributed by atoms with Crippen LogP contribution in [-0.4, -0.2) is 23.8 Å². The maximum atomic E-state index is 9.01. The minimum Gasteiger partial charge on any atom is -0.396 e. The van der Waals surface area contributed by atoms with Gasteiger partial charge in [-0.2, -0.15) is 0 Å². The fourth-order valence-electron chi connectivity index (χ4n) is 2.93. The zero-order chi connectivity index (χ0) is 11.8. The van der Waals surface area contributed by atoms with E-state index in [0.717, 1.165) is 24.8 Å². The largest absolute Gasteiger partial charge is 0.396 e. The highest BCUT2D eigenvalue weighted by molar-refractivity contribution is 4.85. The highest BCUT2D eigenvalue weighted by Gasteiger charge is 2.27. The van der Waals surface area contributed by atoms with Gasteiger partial charge in [-0.15, -0.1) is 0 Å². The Morgan fingerprint density at radius 1 is 1.31 bits per heavy atom. The topological polar surface area (TPSA) is 32.3 Å². The lowest BCUT2D eigenvalue weighted by atomic mass is 9.95. The molecule has 1 saturated carbocycles. The molecule has 1 rings (SSSR count). The second kappa shape index (κ2) is 8.08. The van der Waals surface area contributed by atoms with Gasteiger partial charge in [-0.05, 0) is 38.0 Å². The van der Waals surface area contributed by atoms with Crippen LogP contribution in [0.5, 0.6) is 0 Å². The lowest BCUT2D eigenvalue weighted by Crippen LogP contribution is -2.40. The molecule has 0 radical (unpaired) electrons. The molecule has 96 valence electrons. The summed E-state index contributed by atoms with van der Waals surface area (Å²) >= 11 is 0. The molecular weight excluding hydrogens is 198 g/mol. The zero-order valence-corrected chi connectivity index (χ0v) is 11.0. The third kappa shape index (κ3) is 4.42. The van der Waals surface area contributed by atoms with Crippen molar-refractivity contribution in [3.8, 4) is 0 Å². The Bertz CT molecular complexity index is 172. The molecule has 0 bridgehead atoms. The standard InChI is InChI=1S/C14H29NO/c1-3-5-7-12-8-6-9-14(12)15-13(4-2)10-11-16/h12-16H,3-11H2,1-2H3. The van der Waals surface area contributed by atoms with E-state index in [4.69, 9.17) is 5.11 Å². The molecule has 2 N–H and O–H groups in total. The first-order valence-electron chi connectivity index (χ1n) is 7.18. The molecule has 0 aliphatic heterocycles. The fraction of sp³-hybridized carbons (Fsp3) is 1.00. The highest BCUT2D eigenvalue weighted by atomic mass is 16.3. The number of unbranched alkanes of at least 4 members (excludes halogenated alkanes) is 1. The summed E-state index contributed by atoms with van der Waals surface area (Å²) in [5.41, 5.74) is 0. The van der Waals surface area contributed by atoms with Gasteiger partial charge in [0.05, 0.1) is 0 Å². The molecular formula is C14H29NO.